The van der Waals surface area contributed by atoms with Gasteiger partial charge < -0.3 is 25.0 Å². The summed E-state index contributed by atoms with van der Waals surface area (Å²) in [5, 5.41) is 6.72. The number of methoxy groups -OCH3 is 1. The first kappa shape index (κ1) is 21.2. The van der Waals surface area contributed by atoms with E-state index in [0.717, 1.165) is 50.3 Å². The molecule has 1 aliphatic heterocycles. The largest absolute Gasteiger partial charge is 0.382 e. The normalized spacial score (nSPS) is 22.6. The lowest BCUT2D eigenvalue weighted by molar-refractivity contribution is 0.0698. The van der Waals surface area contributed by atoms with Crippen LogP contribution in [0.3, 0.4) is 0 Å². The third kappa shape index (κ3) is 10.1. The van der Waals surface area contributed by atoms with Crippen molar-refractivity contribution >= 4 is 5.96 Å². The average molecular weight is 343 g/mol. The molecule has 1 aliphatic rings. The van der Waals surface area contributed by atoms with Gasteiger partial charge in [-0.3, -0.25) is 4.99 Å². The van der Waals surface area contributed by atoms with Crippen LogP contribution in [0.25, 0.3) is 0 Å². The summed E-state index contributed by atoms with van der Waals surface area (Å²) in [4.78, 5) is 6.87. The lowest BCUT2D eigenvalue weighted by Gasteiger charge is -2.35. The first-order valence-corrected chi connectivity index (χ1v) is 9.39. The zero-order valence-electron chi connectivity index (χ0n) is 16.1. The van der Waals surface area contributed by atoms with Gasteiger partial charge in [-0.15, -0.1) is 0 Å². The van der Waals surface area contributed by atoms with Crippen molar-refractivity contribution < 1.29 is 9.47 Å². The zero-order valence-corrected chi connectivity index (χ0v) is 16.1. The Morgan fingerprint density at radius 1 is 1.04 bits per heavy atom. The molecule has 6 nitrogen and oxygen atoms in total. The molecule has 24 heavy (non-hydrogen) atoms. The number of hydrogen-bond acceptors (Lipinski definition) is 4. The summed E-state index contributed by atoms with van der Waals surface area (Å²) in [5.41, 5.74) is 0. The van der Waals surface area contributed by atoms with E-state index in [1.165, 1.54) is 26.1 Å². The second-order valence-corrected chi connectivity index (χ2v) is 6.94. The van der Waals surface area contributed by atoms with E-state index in [1.54, 1.807) is 7.11 Å². The number of piperidine rings is 1. The second-order valence-electron chi connectivity index (χ2n) is 6.94. The number of likely N-dealkylation sites (tertiary alicyclic amines) is 1. The smallest absolute Gasteiger partial charge is 0.190 e. The number of guanidine groups is 1. The molecular formula is C18H38N4O2. The van der Waals surface area contributed by atoms with Crippen LogP contribution in [0, 0.1) is 11.8 Å². The quantitative estimate of drug-likeness (QED) is 0.339. The van der Waals surface area contributed by atoms with E-state index < -0.39 is 0 Å². The number of ether oxygens (including phenoxy) is 2. The van der Waals surface area contributed by atoms with E-state index in [0.29, 0.717) is 13.2 Å². The standard InChI is InChI=1S/C18H38N4O2/c1-16-13-17(2)15-22(14-16)9-5-7-20-18(19-3)21-8-6-10-24-12-11-23-4/h16-17H,5-15H2,1-4H3,(H2,19,20,21). The maximum Gasteiger partial charge on any atom is 0.190 e. The Balaban J connectivity index is 2.01. The monoisotopic (exact) mass is 342 g/mol. The number of hydrogen-bond donors (Lipinski definition) is 2. The van der Waals surface area contributed by atoms with Crippen LogP contribution in [0.5, 0.6) is 0 Å². The first-order chi connectivity index (χ1) is 11.7. The fourth-order valence-electron chi connectivity index (χ4n) is 3.33. The van der Waals surface area contributed by atoms with Gasteiger partial charge in [0.15, 0.2) is 5.96 Å². The van der Waals surface area contributed by atoms with Crippen LogP contribution >= 0.6 is 0 Å². The van der Waals surface area contributed by atoms with Crippen molar-refractivity contribution in [3.05, 3.63) is 0 Å². The van der Waals surface area contributed by atoms with Gasteiger partial charge in [-0.2, -0.15) is 0 Å². The molecule has 1 fully saturated rings. The number of rotatable bonds is 11. The summed E-state index contributed by atoms with van der Waals surface area (Å²) >= 11 is 0. The summed E-state index contributed by atoms with van der Waals surface area (Å²) in [6, 6.07) is 0. The molecule has 0 bridgehead atoms. The van der Waals surface area contributed by atoms with Crippen molar-refractivity contribution in [3.63, 3.8) is 0 Å². The van der Waals surface area contributed by atoms with Crippen LogP contribution in [-0.2, 0) is 9.47 Å². The summed E-state index contributed by atoms with van der Waals surface area (Å²) in [6.45, 7) is 12.3. The van der Waals surface area contributed by atoms with Gasteiger partial charge in [0.05, 0.1) is 13.2 Å². The van der Waals surface area contributed by atoms with E-state index in [1.807, 2.05) is 7.05 Å². The Morgan fingerprint density at radius 2 is 1.71 bits per heavy atom. The van der Waals surface area contributed by atoms with Gasteiger partial charge in [0.1, 0.15) is 0 Å². The fourth-order valence-corrected chi connectivity index (χ4v) is 3.33. The van der Waals surface area contributed by atoms with Crippen molar-refractivity contribution in [2.24, 2.45) is 16.8 Å². The zero-order chi connectivity index (χ0) is 17.6. The van der Waals surface area contributed by atoms with Gasteiger partial charge in [-0.25, -0.2) is 0 Å². The molecule has 0 amide bonds. The maximum atomic E-state index is 5.44. The maximum absolute atomic E-state index is 5.44. The Hall–Kier alpha value is -0.850. The molecular weight excluding hydrogens is 304 g/mol. The third-order valence-corrected chi connectivity index (χ3v) is 4.30. The molecule has 0 spiro atoms. The second kappa shape index (κ2) is 13.4. The van der Waals surface area contributed by atoms with Gasteiger partial charge in [0.2, 0.25) is 0 Å². The molecule has 142 valence electrons. The van der Waals surface area contributed by atoms with Gasteiger partial charge in [-0.05, 0) is 37.6 Å². The Bertz CT molecular complexity index is 329. The highest BCUT2D eigenvalue weighted by Gasteiger charge is 2.20. The van der Waals surface area contributed by atoms with Crippen molar-refractivity contribution in [1.82, 2.24) is 15.5 Å². The molecule has 0 aromatic rings. The predicted octanol–water partition coefficient (Wildman–Crippen LogP) is 1.57. The molecule has 2 N–H and O–H groups in total. The lowest BCUT2D eigenvalue weighted by atomic mass is 9.92. The highest BCUT2D eigenvalue weighted by molar-refractivity contribution is 5.79. The van der Waals surface area contributed by atoms with Crippen molar-refractivity contribution in [2.45, 2.75) is 33.1 Å². The SMILES string of the molecule is CN=C(NCCCOCCOC)NCCCN1CC(C)CC(C)C1. The average Bonchev–Trinajstić information content (AvgIpc) is 2.55. The van der Waals surface area contributed by atoms with E-state index in [2.05, 4.69) is 34.4 Å². The predicted molar refractivity (Wildman–Crippen MR) is 101 cm³/mol. The van der Waals surface area contributed by atoms with E-state index in [-0.39, 0.29) is 0 Å². The van der Waals surface area contributed by atoms with Gasteiger partial charge >= 0.3 is 0 Å². The van der Waals surface area contributed by atoms with Crippen LogP contribution in [0.2, 0.25) is 0 Å². The minimum atomic E-state index is 0.658. The van der Waals surface area contributed by atoms with Crippen LogP contribution in [0.4, 0.5) is 0 Å². The molecule has 2 unspecified atom stereocenters. The minimum Gasteiger partial charge on any atom is -0.382 e. The molecule has 0 saturated carbocycles. The molecule has 0 aliphatic carbocycles. The molecule has 1 heterocycles. The summed E-state index contributed by atoms with van der Waals surface area (Å²) in [5.74, 6) is 2.55. The highest BCUT2D eigenvalue weighted by Crippen LogP contribution is 2.20. The summed E-state index contributed by atoms with van der Waals surface area (Å²) in [7, 11) is 3.51. The van der Waals surface area contributed by atoms with E-state index in [9.17, 15) is 0 Å². The highest BCUT2D eigenvalue weighted by atomic mass is 16.5. The van der Waals surface area contributed by atoms with Crippen LogP contribution in [-0.4, -0.2) is 77.6 Å². The van der Waals surface area contributed by atoms with E-state index >= 15 is 0 Å². The Morgan fingerprint density at radius 3 is 2.33 bits per heavy atom. The molecule has 1 saturated heterocycles. The van der Waals surface area contributed by atoms with Crippen LogP contribution < -0.4 is 10.6 Å². The molecule has 6 heteroatoms. The Kier molecular flexibility index (Phi) is 11.9. The Labute approximate surface area is 148 Å². The number of nitrogens with zero attached hydrogens (tertiary/aromatic N) is 2. The summed E-state index contributed by atoms with van der Waals surface area (Å²) < 4.78 is 10.4. The molecule has 2 atom stereocenters. The van der Waals surface area contributed by atoms with Gasteiger partial charge in [0.25, 0.3) is 0 Å². The van der Waals surface area contributed by atoms with Crippen LogP contribution in [0.1, 0.15) is 33.1 Å². The van der Waals surface area contributed by atoms with E-state index in [4.69, 9.17) is 9.47 Å². The molecule has 0 radical (unpaired) electrons. The van der Waals surface area contributed by atoms with Gasteiger partial charge in [0, 0.05) is 46.9 Å². The molecule has 0 aromatic carbocycles. The van der Waals surface area contributed by atoms with Crippen molar-refractivity contribution in [1.29, 1.82) is 0 Å². The fraction of sp³-hybridized carbons (Fsp3) is 0.944. The minimum absolute atomic E-state index is 0.658. The van der Waals surface area contributed by atoms with Crippen molar-refractivity contribution in [2.75, 3.05) is 66.7 Å². The summed E-state index contributed by atoms with van der Waals surface area (Å²) in [6.07, 6.45) is 3.49. The number of nitrogens with one attached hydrogen (secondary N) is 2. The lowest BCUT2D eigenvalue weighted by Crippen LogP contribution is -2.42. The number of aliphatic imine (C=N–C) groups is 1. The molecule has 1 rings (SSSR count). The van der Waals surface area contributed by atoms with Crippen molar-refractivity contribution in [3.8, 4) is 0 Å². The van der Waals surface area contributed by atoms with Gasteiger partial charge in [-0.1, -0.05) is 13.8 Å². The third-order valence-electron chi connectivity index (χ3n) is 4.30. The first-order valence-electron chi connectivity index (χ1n) is 9.39. The topological polar surface area (TPSA) is 58.1 Å². The van der Waals surface area contributed by atoms with Crippen LogP contribution in [0.15, 0.2) is 4.99 Å². The molecule has 0 aromatic heterocycles.